The third-order valence-corrected chi connectivity index (χ3v) is 6.90. The molecule has 4 rings (SSSR count). The Morgan fingerprint density at radius 1 is 1.28 bits per heavy atom. The quantitative estimate of drug-likeness (QED) is 0.437. The molecule has 5 nitrogen and oxygen atoms in total. The molecule has 2 aliphatic rings. The van der Waals surface area contributed by atoms with Crippen LogP contribution in [-0.2, 0) is 4.79 Å². The molecular weight excluding hydrogens is 427 g/mol. The molecule has 2 heterocycles. The molecule has 0 amide bonds. The van der Waals surface area contributed by atoms with Crippen molar-refractivity contribution in [2.24, 2.45) is 5.41 Å². The van der Waals surface area contributed by atoms with E-state index in [1.807, 2.05) is 6.07 Å². The maximum Gasteiger partial charge on any atom is 0.227 e. The fourth-order valence-electron chi connectivity index (χ4n) is 4.00. The molecular formula is C21H24Cl2N4OS. The Kier molecular flexibility index (Phi) is 5.70. The molecule has 1 N–H and O–H groups in total. The van der Waals surface area contributed by atoms with Crippen molar-refractivity contribution in [1.29, 1.82) is 0 Å². The van der Waals surface area contributed by atoms with Crippen LogP contribution in [0, 0.1) is 5.41 Å². The summed E-state index contributed by atoms with van der Waals surface area (Å²) in [4.78, 5) is 17.9. The number of allylic oxidation sites excluding steroid dienone is 2. The molecule has 1 aromatic carbocycles. The lowest BCUT2D eigenvalue weighted by atomic mass is 9.73. The van der Waals surface area contributed by atoms with Gasteiger partial charge in [0.25, 0.3) is 0 Å². The van der Waals surface area contributed by atoms with Crippen molar-refractivity contribution in [3.8, 4) is 0 Å². The van der Waals surface area contributed by atoms with E-state index in [-0.39, 0.29) is 11.2 Å². The minimum atomic E-state index is -0.473. The number of ketones is 1. The summed E-state index contributed by atoms with van der Waals surface area (Å²) in [6, 6.07) is 4.94. The van der Waals surface area contributed by atoms with E-state index in [1.54, 1.807) is 28.6 Å². The summed E-state index contributed by atoms with van der Waals surface area (Å²) < 4.78 is 1.77. The molecule has 0 radical (unpaired) electrons. The Labute approximate surface area is 185 Å². The molecule has 1 atom stereocenters. The van der Waals surface area contributed by atoms with Crippen LogP contribution in [0.15, 0.2) is 34.6 Å². The molecule has 0 fully saturated rings. The Hall–Kier alpha value is -1.50. The smallest absolute Gasteiger partial charge is 0.227 e. The fourth-order valence-corrected chi connectivity index (χ4v) is 5.51. The van der Waals surface area contributed by atoms with E-state index in [0.717, 1.165) is 30.7 Å². The number of hydrogen-bond acceptors (Lipinski definition) is 5. The van der Waals surface area contributed by atoms with Crippen molar-refractivity contribution in [1.82, 2.24) is 14.8 Å². The number of aromatic nitrogens is 3. The molecule has 154 valence electrons. The van der Waals surface area contributed by atoms with Crippen LogP contribution in [0.2, 0.25) is 10.0 Å². The number of unbranched alkanes of at least 4 members (excludes halogenated alkanes) is 1. The summed E-state index contributed by atoms with van der Waals surface area (Å²) in [6.45, 7) is 6.38. The van der Waals surface area contributed by atoms with Gasteiger partial charge in [0.1, 0.15) is 6.04 Å². The van der Waals surface area contributed by atoms with Crippen LogP contribution in [-0.4, -0.2) is 26.3 Å². The van der Waals surface area contributed by atoms with Crippen LogP contribution in [0.3, 0.4) is 0 Å². The van der Waals surface area contributed by atoms with Crippen LogP contribution >= 0.6 is 35.0 Å². The predicted molar refractivity (Wildman–Crippen MR) is 119 cm³/mol. The van der Waals surface area contributed by atoms with E-state index in [0.29, 0.717) is 38.7 Å². The van der Waals surface area contributed by atoms with Crippen molar-refractivity contribution < 1.29 is 4.79 Å². The number of halogens is 2. The number of nitrogens with one attached hydrogen (secondary N) is 1. The molecule has 1 aliphatic carbocycles. The Morgan fingerprint density at radius 3 is 2.69 bits per heavy atom. The third kappa shape index (κ3) is 3.94. The van der Waals surface area contributed by atoms with Crippen LogP contribution in [0.1, 0.15) is 58.1 Å². The summed E-state index contributed by atoms with van der Waals surface area (Å²) in [5.74, 6) is 1.69. The van der Waals surface area contributed by atoms with Crippen LogP contribution < -0.4 is 5.32 Å². The lowest BCUT2D eigenvalue weighted by molar-refractivity contribution is -0.118. The Balaban J connectivity index is 1.85. The monoisotopic (exact) mass is 450 g/mol. The lowest BCUT2D eigenvalue weighted by Gasteiger charge is -2.38. The zero-order valence-electron chi connectivity index (χ0n) is 16.8. The largest absolute Gasteiger partial charge is 0.328 e. The van der Waals surface area contributed by atoms with Gasteiger partial charge in [0.2, 0.25) is 11.1 Å². The first-order chi connectivity index (χ1) is 13.8. The van der Waals surface area contributed by atoms with Gasteiger partial charge in [0.05, 0.1) is 0 Å². The van der Waals surface area contributed by atoms with Gasteiger partial charge in [-0.25, -0.2) is 4.68 Å². The summed E-state index contributed by atoms with van der Waals surface area (Å²) in [5.41, 5.74) is 2.19. The van der Waals surface area contributed by atoms with Gasteiger partial charge in [-0.05, 0) is 30.4 Å². The van der Waals surface area contributed by atoms with E-state index in [2.05, 4.69) is 26.1 Å². The van der Waals surface area contributed by atoms with Crippen LogP contribution in [0.4, 0.5) is 5.95 Å². The van der Waals surface area contributed by atoms with E-state index in [4.69, 9.17) is 33.3 Å². The van der Waals surface area contributed by atoms with E-state index in [1.165, 1.54) is 0 Å². The summed E-state index contributed by atoms with van der Waals surface area (Å²) in [5, 5.41) is 9.85. The van der Waals surface area contributed by atoms with E-state index in [9.17, 15) is 4.79 Å². The van der Waals surface area contributed by atoms with E-state index >= 15 is 0 Å². The van der Waals surface area contributed by atoms with Crippen molar-refractivity contribution in [3.05, 3.63) is 45.1 Å². The van der Waals surface area contributed by atoms with Gasteiger partial charge < -0.3 is 5.32 Å². The van der Waals surface area contributed by atoms with Crippen molar-refractivity contribution in [2.45, 2.75) is 57.7 Å². The zero-order valence-corrected chi connectivity index (χ0v) is 19.1. The number of rotatable bonds is 5. The topological polar surface area (TPSA) is 59.8 Å². The molecule has 0 bridgehead atoms. The standard InChI is InChI=1S/C21H24Cl2N4OS/c1-4-5-9-29-20-25-19-24-14-10-21(2,3)11-15(28)17(14)18(27(19)26-20)16-12(22)7-6-8-13(16)23/h6-8,18H,4-5,9-11H2,1-3H3,(H,24,25,26)/t18-/m0/s1. The number of thioether (sulfide) groups is 1. The first-order valence-electron chi connectivity index (χ1n) is 9.87. The fraction of sp³-hybridized carbons (Fsp3) is 0.476. The highest BCUT2D eigenvalue weighted by molar-refractivity contribution is 7.99. The molecule has 0 saturated carbocycles. The number of carbonyl (C=O) groups is 1. The molecule has 1 aromatic heterocycles. The number of fused-ring (bicyclic) bond motifs is 1. The molecule has 1 aliphatic heterocycles. The maximum atomic E-state index is 13.2. The molecule has 29 heavy (non-hydrogen) atoms. The summed E-state index contributed by atoms with van der Waals surface area (Å²) >= 11 is 14.8. The Morgan fingerprint density at radius 2 is 2.00 bits per heavy atom. The number of benzene rings is 1. The van der Waals surface area contributed by atoms with E-state index < -0.39 is 6.04 Å². The highest BCUT2D eigenvalue weighted by Crippen LogP contribution is 2.48. The Bertz CT molecular complexity index is 978. The highest BCUT2D eigenvalue weighted by atomic mass is 35.5. The van der Waals surface area contributed by atoms with Gasteiger partial charge in [-0.2, -0.15) is 4.98 Å². The first kappa shape index (κ1) is 20.8. The highest BCUT2D eigenvalue weighted by Gasteiger charge is 2.43. The second-order valence-electron chi connectivity index (χ2n) is 8.36. The van der Waals surface area contributed by atoms with Crippen molar-refractivity contribution in [3.63, 3.8) is 0 Å². The molecule has 0 saturated heterocycles. The first-order valence-corrected chi connectivity index (χ1v) is 11.6. The average Bonchev–Trinajstić information content (AvgIpc) is 3.02. The van der Waals surface area contributed by atoms with Gasteiger partial charge in [-0.15, -0.1) is 5.10 Å². The van der Waals surface area contributed by atoms with Gasteiger partial charge in [0, 0.05) is 39.1 Å². The summed E-state index contributed by atoms with van der Waals surface area (Å²) in [6.07, 6.45) is 3.46. The number of carbonyl (C=O) groups excluding carboxylic acids is 1. The maximum absolute atomic E-state index is 13.2. The van der Waals surface area contributed by atoms with Gasteiger partial charge in [-0.1, -0.05) is 68.2 Å². The number of anilines is 1. The van der Waals surface area contributed by atoms with Crippen molar-refractivity contribution >= 4 is 46.7 Å². The second kappa shape index (κ2) is 7.97. The minimum absolute atomic E-state index is 0.103. The molecule has 2 aromatic rings. The minimum Gasteiger partial charge on any atom is -0.328 e. The number of nitrogens with zero attached hydrogens (tertiary/aromatic N) is 3. The van der Waals surface area contributed by atoms with Gasteiger partial charge in [0.15, 0.2) is 5.78 Å². The van der Waals surface area contributed by atoms with Gasteiger partial charge >= 0.3 is 0 Å². The number of hydrogen-bond donors (Lipinski definition) is 1. The number of Topliss-reactive ketones (excluding diaryl/α,β-unsaturated/α-hetero) is 1. The normalized spacial score (nSPS) is 20.3. The van der Waals surface area contributed by atoms with Crippen molar-refractivity contribution in [2.75, 3.05) is 11.1 Å². The SMILES string of the molecule is CCCCSc1nc2n(n1)[C@@H](c1c(Cl)cccc1Cl)C1=C(CC(C)(C)CC1=O)N2. The van der Waals surface area contributed by atoms with Crippen LogP contribution in [0.5, 0.6) is 0 Å². The third-order valence-electron chi connectivity index (χ3n) is 5.31. The molecule has 0 unspecified atom stereocenters. The second-order valence-corrected chi connectivity index (χ2v) is 10.2. The average molecular weight is 451 g/mol. The summed E-state index contributed by atoms with van der Waals surface area (Å²) in [7, 11) is 0. The molecule has 8 heteroatoms. The molecule has 0 spiro atoms. The predicted octanol–water partition coefficient (Wildman–Crippen LogP) is 6.14. The lowest BCUT2D eigenvalue weighted by Crippen LogP contribution is -2.36. The zero-order chi connectivity index (χ0) is 20.8. The van der Waals surface area contributed by atoms with Gasteiger partial charge in [-0.3, -0.25) is 4.79 Å². The van der Waals surface area contributed by atoms with Crippen LogP contribution in [0.25, 0.3) is 0 Å².